The molecular weight excluding hydrogens is 306 g/mol. The molecule has 2 N–H and O–H groups in total. The van der Waals surface area contributed by atoms with Crippen LogP contribution in [0.2, 0.25) is 0 Å². The third kappa shape index (κ3) is 3.12. The van der Waals surface area contributed by atoms with Crippen molar-refractivity contribution in [2.24, 2.45) is 5.92 Å². The minimum atomic E-state index is -0.752. The first-order valence-corrected chi connectivity index (χ1v) is 8.73. The van der Waals surface area contributed by atoms with Gasteiger partial charge in [0.15, 0.2) is 0 Å². The van der Waals surface area contributed by atoms with E-state index in [0.29, 0.717) is 12.8 Å². The lowest BCUT2D eigenvalue weighted by Crippen LogP contribution is -2.46. The van der Waals surface area contributed by atoms with E-state index in [4.69, 9.17) is 9.84 Å². The molecule has 1 aromatic rings. The molecule has 0 unspecified atom stereocenters. The van der Waals surface area contributed by atoms with Crippen LogP contribution in [-0.4, -0.2) is 30.1 Å². The second-order valence-electron chi connectivity index (χ2n) is 7.04. The van der Waals surface area contributed by atoms with Gasteiger partial charge in [0.1, 0.15) is 5.75 Å². The Balaban J connectivity index is 1.75. The van der Waals surface area contributed by atoms with Crippen LogP contribution >= 0.6 is 0 Å². The maximum Gasteiger partial charge on any atom is 0.306 e. The van der Waals surface area contributed by atoms with Crippen LogP contribution < -0.4 is 10.1 Å². The summed E-state index contributed by atoms with van der Waals surface area (Å²) in [5.41, 5.74) is 0.555. The van der Waals surface area contributed by atoms with Gasteiger partial charge in [-0.3, -0.25) is 9.59 Å². The van der Waals surface area contributed by atoms with Gasteiger partial charge in [-0.25, -0.2) is 0 Å². The minimum Gasteiger partial charge on any atom is -0.497 e. The fourth-order valence-corrected chi connectivity index (χ4v) is 4.20. The molecule has 2 saturated carbocycles. The van der Waals surface area contributed by atoms with Crippen molar-refractivity contribution in [3.05, 3.63) is 29.8 Å². The van der Waals surface area contributed by atoms with Gasteiger partial charge in [-0.2, -0.15) is 0 Å². The molecule has 0 spiro atoms. The first-order valence-electron chi connectivity index (χ1n) is 8.73. The fraction of sp³-hybridized carbons (Fsp3) is 0.579. The molecule has 5 heteroatoms. The highest BCUT2D eigenvalue weighted by atomic mass is 16.5. The highest BCUT2D eigenvalue weighted by Crippen LogP contribution is 2.42. The number of carboxylic acids is 1. The van der Waals surface area contributed by atoms with Gasteiger partial charge in [-0.05, 0) is 49.8 Å². The Morgan fingerprint density at radius 3 is 2.38 bits per heavy atom. The molecule has 0 aliphatic heterocycles. The summed E-state index contributed by atoms with van der Waals surface area (Å²) in [6.45, 7) is 0. The Morgan fingerprint density at radius 1 is 1.17 bits per heavy atom. The molecule has 5 nitrogen and oxygen atoms in total. The topological polar surface area (TPSA) is 75.6 Å². The molecule has 0 saturated heterocycles. The lowest BCUT2D eigenvalue weighted by Gasteiger charge is -2.30. The predicted octanol–water partition coefficient (Wildman–Crippen LogP) is 2.88. The van der Waals surface area contributed by atoms with E-state index in [0.717, 1.165) is 43.4 Å². The monoisotopic (exact) mass is 331 g/mol. The maximum atomic E-state index is 13.1. The lowest BCUT2D eigenvalue weighted by atomic mass is 9.77. The van der Waals surface area contributed by atoms with E-state index in [2.05, 4.69) is 5.32 Å². The van der Waals surface area contributed by atoms with E-state index in [1.807, 2.05) is 24.3 Å². The number of methoxy groups -OCH3 is 1. The van der Waals surface area contributed by atoms with E-state index in [9.17, 15) is 9.59 Å². The van der Waals surface area contributed by atoms with Crippen molar-refractivity contribution in [3.8, 4) is 5.75 Å². The average molecular weight is 331 g/mol. The van der Waals surface area contributed by atoms with Gasteiger partial charge in [-0.15, -0.1) is 0 Å². The lowest BCUT2D eigenvalue weighted by molar-refractivity contribution is -0.141. The van der Waals surface area contributed by atoms with Crippen LogP contribution in [-0.2, 0) is 15.0 Å². The number of benzene rings is 1. The number of amides is 1. The number of aliphatic carboxylic acids is 1. The Kier molecular flexibility index (Phi) is 4.78. The second kappa shape index (κ2) is 6.83. The van der Waals surface area contributed by atoms with Crippen molar-refractivity contribution in [1.82, 2.24) is 5.32 Å². The zero-order chi connectivity index (χ0) is 17.2. The summed E-state index contributed by atoms with van der Waals surface area (Å²) in [6.07, 6.45) is 5.72. The Morgan fingerprint density at radius 2 is 1.83 bits per heavy atom. The number of carboxylic acid groups (broad SMARTS) is 1. The first-order chi connectivity index (χ1) is 11.5. The number of rotatable bonds is 5. The number of carbonyl (C=O) groups is 2. The van der Waals surface area contributed by atoms with Crippen LogP contribution in [0.5, 0.6) is 5.75 Å². The van der Waals surface area contributed by atoms with Crippen LogP contribution in [0, 0.1) is 5.92 Å². The van der Waals surface area contributed by atoms with E-state index in [-0.39, 0.29) is 17.9 Å². The molecule has 2 aliphatic rings. The summed E-state index contributed by atoms with van der Waals surface area (Å²) in [6, 6.07) is 7.75. The van der Waals surface area contributed by atoms with Crippen molar-refractivity contribution >= 4 is 11.9 Å². The quantitative estimate of drug-likeness (QED) is 0.870. The molecule has 130 valence electrons. The maximum absolute atomic E-state index is 13.1. The summed E-state index contributed by atoms with van der Waals surface area (Å²) >= 11 is 0. The molecule has 1 amide bonds. The van der Waals surface area contributed by atoms with Gasteiger partial charge in [-0.1, -0.05) is 25.0 Å². The average Bonchev–Trinajstić information content (AvgIpc) is 3.25. The molecule has 1 aromatic carbocycles. The van der Waals surface area contributed by atoms with Crippen molar-refractivity contribution in [2.45, 2.75) is 56.4 Å². The number of ether oxygens (including phenoxy) is 1. The first kappa shape index (κ1) is 16.8. The van der Waals surface area contributed by atoms with Crippen molar-refractivity contribution in [3.63, 3.8) is 0 Å². The normalized spacial score (nSPS) is 25.4. The van der Waals surface area contributed by atoms with Crippen LogP contribution in [0.15, 0.2) is 24.3 Å². The van der Waals surface area contributed by atoms with Crippen molar-refractivity contribution < 1.29 is 19.4 Å². The van der Waals surface area contributed by atoms with E-state index < -0.39 is 11.4 Å². The number of carbonyl (C=O) groups excluding carboxylic acids is 1. The zero-order valence-electron chi connectivity index (χ0n) is 14.1. The van der Waals surface area contributed by atoms with Gasteiger partial charge in [0.2, 0.25) is 5.91 Å². The van der Waals surface area contributed by atoms with Gasteiger partial charge >= 0.3 is 5.97 Å². The molecule has 2 atom stereocenters. The molecule has 24 heavy (non-hydrogen) atoms. The summed E-state index contributed by atoms with van der Waals surface area (Å²) in [5, 5.41) is 12.3. The predicted molar refractivity (Wildman–Crippen MR) is 90.0 cm³/mol. The third-order valence-corrected chi connectivity index (χ3v) is 5.65. The third-order valence-electron chi connectivity index (χ3n) is 5.65. The fourth-order valence-electron chi connectivity index (χ4n) is 4.20. The highest BCUT2D eigenvalue weighted by Gasteiger charge is 2.44. The molecule has 0 heterocycles. The number of hydrogen-bond acceptors (Lipinski definition) is 3. The molecule has 2 fully saturated rings. The largest absolute Gasteiger partial charge is 0.497 e. The van der Waals surface area contributed by atoms with Crippen molar-refractivity contribution in [2.75, 3.05) is 7.11 Å². The summed E-state index contributed by atoms with van der Waals surface area (Å²) in [4.78, 5) is 24.2. The van der Waals surface area contributed by atoms with Crippen LogP contribution in [0.1, 0.15) is 50.5 Å². The summed E-state index contributed by atoms with van der Waals surface area (Å²) in [5.74, 6) is -0.234. The molecule has 2 aliphatic carbocycles. The smallest absolute Gasteiger partial charge is 0.306 e. The van der Waals surface area contributed by atoms with Gasteiger partial charge < -0.3 is 15.2 Å². The Labute approximate surface area is 142 Å². The van der Waals surface area contributed by atoms with Crippen LogP contribution in [0.4, 0.5) is 0 Å². The highest BCUT2D eigenvalue weighted by molar-refractivity contribution is 5.89. The summed E-state index contributed by atoms with van der Waals surface area (Å²) in [7, 11) is 1.63. The van der Waals surface area contributed by atoms with Gasteiger partial charge in [0, 0.05) is 6.04 Å². The van der Waals surface area contributed by atoms with Crippen LogP contribution in [0.25, 0.3) is 0 Å². The molecule has 0 radical (unpaired) electrons. The Bertz CT molecular complexity index is 604. The molecule has 0 aromatic heterocycles. The minimum absolute atomic E-state index is 0.0191. The van der Waals surface area contributed by atoms with E-state index in [1.54, 1.807) is 7.11 Å². The molecule has 0 bridgehead atoms. The van der Waals surface area contributed by atoms with E-state index >= 15 is 0 Å². The number of hydrogen-bond donors (Lipinski definition) is 2. The SMILES string of the molecule is COc1ccc(C2(C(=O)N[C@H]3CC[C@@H](C(=O)O)C3)CCCC2)cc1. The van der Waals surface area contributed by atoms with E-state index in [1.165, 1.54) is 0 Å². The Hall–Kier alpha value is -2.04. The van der Waals surface area contributed by atoms with Crippen molar-refractivity contribution in [1.29, 1.82) is 0 Å². The van der Waals surface area contributed by atoms with Gasteiger partial charge in [0.05, 0.1) is 18.4 Å². The van der Waals surface area contributed by atoms with Gasteiger partial charge in [0.25, 0.3) is 0 Å². The second-order valence-corrected chi connectivity index (χ2v) is 7.04. The number of nitrogens with one attached hydrogen (secondary N) is 1. The zero-order valence-corrected chi connectivity index (χ0v) is 14.1. The molecular formula is C19H25NO4. The molecule has 3 rings (SSSR count). The van der Waals surface area contributed by atoms with Crippen LogP contribution in [0.3, 0.4) is 0 Å². The standard InChI is InChI=1S/C19H25NO4/c1-24-16-8-5-14(6-9-16)19(10-2-3-11-19)18(23)20-15-7-4-13(12-15)17(21)22/h5-6,8-9,13,15H,2-4,7,10-12H2,1H3,(H,20,23)(H,21,22)/t13-,15+/m1/s1. The summed E-state index contributed by atoms with van der Waals surface area (Å²) < 4.78 is 5.21.